The van der Waals surface area contributed by atoms with E-state index in [-0.39, 0.29) is 0 Å². The molecule has 0 heterocycles. The van der Waals surface area contributed by atoms with Crippen LogP contribution in [0.3, 0.4) is 0 Å². The highest BCUT2D eigenvalue weighted by atomic mass is 35.5. The van der Waals surface area contributed by atoms with Crippen LogP contribution >= 0.6 is 11.6 Å². The van der Waals surface area contributed by atoms with Crippen LogP contribution < -0.4 is 5.90 Å². The van der Waals surface area contributed by atoms with E-state index in [1.54, 1.807) is 19.9 Å². The third kappa shape index (κ3) is 2.40. The second-order valence-corrected chi connectivity index (χ2v) is 3.72. The highest BCUT2D eigenvalue weighted by Gasteiger charge is 2.21. The zero-order valence-corrected chi connectivity index (χ0v) is 8.23. The van der Waals surface area contributed by atoms with Crippen molar-refractivity contribution in [3.63, 3.8) is 0 Å². The van der Waals surface area contributed by atoms with E-state index in [4.69, 9.17) is 22.3 Å². The highest BCUT2D eigenvalue weighted by molar-refractivity contribution is 6.30. The maximum atomic E-state index is 12.9. The molecule has 0 spiro atoms. The van der Waals surface area contributed by atoms with Crippen LogP contribution in [0.1, 0.15) is 19.4 Å². The predicted octanol–water partition coefficient (Wildman–Crippen LogP) is 2.60. The van der Waals surface area contributed by atoms with Crippen molar-refractivity contribution >= 4 is 11.6 Å². The molecule has 0 bridgehead atoms. The topological polar surface area (TPSA) is 35.2 Å². The molecular formula is C9H11ClFNO. The van der Waals surface area contributed by atoms with Crippen LogP contribution in [0.25, 0.3) is 0 Å². The molecule has 1 aromatic carbocycles. The van der Waals surface area contributed by atoms with Crippen LogP contribution in [-0.2, 0) is 10.4 Å². The summed E-state index contributed by atoms with van der Waals surface area (Å²) in [6.45, 7) is 3.47. The van der Waals surface area contributed by atoms with E-state index < -0.39 is 11.4 Å². The molecule has 0 aromatic heterocycles. The number of hydrogen-bond acceptors (Lipinski definition) is 2. The van der Waals surface area contributed by atoms with Crippen molar-refractivity contribution in [1.82, 2.24) is 0 Å². The van der Waals surface area contributed by atoms with Gasteiger partial charge in [0.25, 0.3) is 0 Å². The van der Waals surface area contributed by atoms with Gasteiger partial charge in [0.2, 0.25) is 0 Å². The average Bonchev–Trinajstić information content (AvgIpc) is 2.02. The Hall–Kier alpha value is -0.640. The number of rotatable bonds is 2. The molecule has 0 atom stereocenters. The Balaban J connectivity index is 3.15. The van der Waals surface area contributed by atoms with Gasteiger partial charge in [0.1, 0.15) is 11.4 Å². The van der Waals surface area contributed by atoms with Crippen molar-refractivity contribution in [2.45, 2.75) is 19.4 Å². The predicted molar refractivity (Wildman–Crippen MR) is 49.7 cm³/mol. The van der Waals surface area contributed by atoms with Gasteiger partial charge < -0.3 is 0 Å². The van der Waals surface area contributed by atoms with Crippen molar-refractivity contribution in [1.29, 1.82) is 0 Å². The van der Waals surface area contributed by atoms with E-state index >= 15 is 0 Å². The van der Waals surface area contributed by atoms with Crippen molar-refractivity contribution in [3.8, 4) is 0 Å². The number of nitrogens with two attached hydrogens (primary N) is 1. The molecule has 0 saturated carbocycles. The van der Waals surface area contributed by atoms with Gasteiger partial charge in [-0.25, -0.2) is 10.3 Å². The molecule has 2 nitrogen and oxygen atoms in total. The van der Waals surface area contributed by atoms with Crippen LogP contribution in [0.15, 0.2) is 18.2 Å². The molecule has 1 aromatic rings. The van der Waals surface area contributed by atoms with Crippen molar-refractivity contribution in [2.75, 3.05) is 0 Å². The Morgan fingerprint density at radius 2 is 2.00 bits per heavy atom. The van der Waals surface area contributed by atoms with Gasteiger partial charge in [-0.1, -0.05) is 11.6 Å². The molecule has 4 heteroatoms. The zero-order chi connectivity index (χ0) is 10.1. The first kappa shape index (κ1) is 10.4. The summed E-state index contributed by atoms with van der Waals surface area (Å²) in [7, 11) is 0. The molecule has 0 saturated heterocycles. The fourth-order valence-corrected chi connectivity index (χ4v) is 1.19. The smallest absolute Gasteiger partial charge is 0.125 e. The van der Waals surface area contributed by atoms with Gasteiger partial charge in [-0.2, -0.15) is 0 Å². The minimum Gasteiger partial charge on any atom is -0.294 e. The summed E-state index contributed by atoms with van der Waals surface area (Å²) < 4.78 is 12.9. The zero-order valence-electron chi connectivity index (χ0n) is 7.47. The lowest BCUT2D eigenvalue weighted by molar-refractivity contribution is -0.0238. The van der Waals surface area contributed by atoms with E-state index in [1.165, 1.54) is 12.1 Å². The molecule has 72 valence electrons. The maximum Gasteiger partial charge on any atom is 0.125 e. The SMILES string of the molecule is CC(C)(ON)c1cc(F)cc(Cl)c1. The summed E-state index contributed by atoms with van der Waals surface area (Å²) in [5.41, 5.74) is -0.119. The lowest BCUT2D eigenvalue weighted by Gasteiger charge is -2.22. The Kier molecular flexibility index (Phi) is 2.91. The van der Waals surface area contributed by atoms with Gasteiger partial charge in [0.05, 0.1) is 0 Å². The molecule has 0 amide bonds. The molecule has 0 unspecified atom stereocenters. The minimum absolute atomic E-state index is 0.333. The first-order chi connectivity index (χ1) is 5.95. The fraction of sp³-hybridized carbons (Fsp3) is 0.333. The van der Waals surface area contributed by atoms with E-state index in [0.717, 1.165) is 0 Å². The number of hydrogen-bond donors (Lipinski definition) is 1. The average molecular weight is 204 g/mol. The van der Waals surface area contributed by atoms with E-state index in [0.29, 0.717) is 10.6 Å². The normalized spacial score (nSPS) is 11.8. The monoisotopic (exact) mass is 203 g/mol. The molecule has 1 rings (SSSR count). The molecule has 0 fully saturated rings. The minimum atomic E-state index is -0.730. The van der Waals surface area contributed by atoms with Gasteiger partial charge in [-0.3, -0.25) is 4.84 Å². The van der Waals surface area contributed by atoms with Crippen LogP contribution in [0.5, 0.6) is 0 Å². The quantitative estimate of drug-likeness (QED) is 0.750. The Labute approximate surface area is 81.4 Å². The second-order valence-electron chi connectivity index (χ2n) is 3.29. The molecule has 0 radical (unpaired) electrons. The van der Waals surface area contributed by atoms with Crippen LogP contribution in [0.2, 0.25) is 5.02 Å². The van der Waals surface area contributed by atoms with E-state index in [9.17, 15) is 4.39 Å². The molecular weight excluding hydrogens is 193 g/mol. The molecule has 0 aliphatic heterocycles. The summed E-state index contributed by atoms with van der Waals surface area (Å²) in [5.74, 6) is 4.68. The standard InChI is InChI=1S/C9H11ClFNO/c1-9(2,13-12)6-3-7(10)5-8(11)4-6/h3-5H,12H2,1-2H3. The number of benzene rings is 1. The van der Waals surface area contributed by atoms with Gasteiger partial charge in [0, 0.05) is 5.02 Å². The highest BCUT2D eigenvalue weighted by Crippen LogP contribution is 2.26. The Bertz CT molecular complexity index is 294. The summed E-state index contributed by atoms with van der Waals surface area (Å²) in [4.78, 5) is 4.71. The summed E-state index contributed by atoms with van der Waals surface area (Å²) in [5, 5.41) is 0.333. The third-order valence-electron chi connectivity index (χ3n) is 1.85. The molecule has 13 heavy (non-hydrogen) atoms. The third-order valence-corrected chi connectivity index (χ3v) is 2.07. The Morgan fingerprint density at radius 3 is 2.46 bits per heavy atom. The lowest BCUT2D eigenvalue weighted by Crippen LogP contribution is -2.25. The summed E-state index contributed by atoms with van der Waals surface area (Å²) in [6.07, 6.45) is 0. The van der Waals surface area contributed by atoms with Gasteiger partial charge in [-0.05, 0) is 37.6 Å². The fourth-order valence-electron chi connectivity index (χ4n) is 0.969. The van der Waals surface area contributed by atoms with Gasteiger partial charge in [-0.15, -0.1) is 0 Å². The maximum absolute atomic E-state index is 12.9. The summed E-state index contributed by atoms with van der Waals surface area (Å²) >= 11 is 5.68. The van der Waals surface area contributed by atoms with E-state index in [2.05, 4.69) is 0 Å². The van der Waals surface area contributed by atoms with Crippen molar-refractivity contribution in [3.05, 3.63) is 34.6 Å². The van der Waals surface area contributed by atoms with Crippen molar-refractivity contribution in [2.24, 2.45) is 5.90 Å². The molecule has 2 N–H and O–H groups in total. The van der Waals surface area contributed by atoms with Gasteiger partial charge in [0.15, 0.2) is 0 Å². The largest absolute Gasteiger partial charge is 0.294 e. The first-order valence-electron chi connectivity index (χ1n) is 3.80. The molecule has 0 aliphatic carbocycles. The van der Waals surface area contributed by atoms with Crippen LogP contribution in [-0.4, -0.2) is 0 Å². The summed E-state index contributed by atoms with van der Waals surface area (Å²) in [6, 6.07) is 4.20. The molecule has 0 aliphatic rings. The Morgan fingerprint density at radius 1 is 1.38 bits per heavy atom. The second kappa shape index (κ2) is 3.62. The lowest BCUT2D eigenvalue weighted by atomic mass is 9.98. The van der Waals surface area contributed by atoms with Crippen LogP contribution in [0.4, 0.5) is 4.39 Å². The first-order valence-corrected chi connectivity index (χ1v) is 4.18. The van der Waals surface area contributed by atoms with Crippen molar-refractivity contribution < 1.29 is 9.23 Å². The van der Waals surface area contributed by atoms with E-state index in [1.807, 2.05) is 0 Å². The van der Waals surface area contributed by atoms with Gasteiger partial charge >= 0.3 is 0 Å². The van der Waals surface area contributed by atoms with Crippen LogP contribution in [0, 0.1) is 5.82 Å². The number of halogens is 2.